The number of carbonyl (C=O) groups is 2. The second kappa shape index (κ2) is 14.4. The first-order valence-electron chi connectivity index (χ1n) is 13.6. The summed E-state index contributed by atoms with van der Waals surface area (Å²) in [5, 5.41) is 3.26. The zero-order valence-electron chi connectivity index (χ0n) is 24.2. The number of aryl methyl sites for hydroxylation is 1. The molecule has 0 spiro atoms. The van der Waals surface area contributed by atoms with Gasteiger partial charge >= 0.3 is 0 Å². The van der Waals surface area contributed by atoms with Crippen LogP contribution in [0.25, 0.3) is 0 Å². The van der Waals surface area contributed by atoms with Crippen LogP contribution < -0.4 is 14.4 Å². The lowest BCUT2D eigenvalue weighted by Gasteiger charge is -2.33. The molecule has 220 valence electrons. The minimum Gasteiger partial charge on any atom is -0.497 e. The highest BCUT2D eigenvalue weighted by Crippen LogP contribution is 2.31. The fraction of sp³-hybridized carbons (Fsp3) is 0.355. The van der Waals surface area contributed by atoms with Crippen LogP contribution in [-0.2, 0) is 26.2 Å². The maximum atomic E-state index is 14.1. The summed E-state index contributed by atoms with van der Waals surface area (Å²) in [6, 6.07) is 17.8. The molecule has 0 saturated carbocycles. The molecule has 2 amide bonds. The van der Waals surface area contributed by atoms with Crippen molar-refractivity contribution in [1.29, 1.82) is 0 Å². The van der Waals surface area contributed by atoms with Crippen LogP contribution in [0.2, 0.25) is 5.02 Å². The third-order valence-electron chi connectivity index (χ3n) is 6.84. The molecule has 3 aromatic rings. The van der Waals surface area contributed by atoms with Crippen LogP contribution in [0.1, 0.15) is 43.4 Å². The number of carbonyl (C=O) groups excluding carboxylic acids is 2. The minimum absolute atomic E-state index is 0.0460. The monoisotopic (exact) mass is 599 g/mol. The van der Waals surface area contributed by atoms with Gasteiger partial charge in [0.1, 0.15) is 18.3 Å². The standard InChI is InChI=1S/C31H38ClN3O5S/c1-6-19-33-31(37)28(7-2)34(20-24-13-15-25(40-5)16-14-24)30(36)21-35(29-10-8-9-27(32)23(29)4)41(38,39)26-17-11-22(3)12-18-26/h8-18,28H,6-7,19-21H2,1-5H3,(H,33,37)/t28-/m0/s1. The zero-order chi connectivity index (χ0) is 30.2. The molecule has 0 fully saturated rings. The third-order valence-corrected chi connectivity index (χ3v) is 9.03. The number of methoxy groups -OCH3 is 1. The molecule has 0 aliphatic carbocycles. The number of nitrogens with one attached hydrogen (secondary N) is 1. The molecule has 0 unspecified atom stereocenters. The Morgan fingerprint density at radius 1 is 0.976 bits per heavy atom. The van der Waals surface area contributed by atoms with Crippen LogP contribution in [0, 0.1) is 13.8 Å². The van der Waals surface area contributed by atoms with Gasteiger partial charge in [-0.15, -0.1) is 0 Å². The smallest absolute Gasteiger partial charge is 0.264 e. The van der Waals surface area contributed by atoms with Gasteiger partial charge in [0.05, 0.1) is 17.7 Å². The molecule has 10 heteroatoms. The lowest BCUT2D eigenvalue weighted by molar-refractivity contribution is -0.140. The molecule has 0 bridgehead atoms. The summed E-state index contributed by atoms with van der Waals surface area (Å²) in [4.78, 5) is 28.8. The van der Waals surface area contributed by atoms with E-state index in [-0.39, 0.29) is 17.3 Å². The van der Waals surface area contributed by atoms with Crippen LogP contribution >= 0.6 is 11.6 Å². The molecule has 8 nitrogen and oxygen atoms in total. The number of benzene rings is 3. The molecule has 0 aliphatic rings. The number of hydrogen-bond donors (Lipinski definition) is 1. The molecule has 1 N–H and O–H groups in total. The van der Waals surface area contributed by atoms with Gasteiger partial charge in [-0.25, -0.2) is 8.42 Å². The summed E-state index contributed by atoms with van der Waals surface area (Å²) in [5.74, 6) is -0.149. The first-order valence-corrected chi connectivity index (χ1v) is 15.4. The summed E-state index contributed by atoms with van der Waals surface area (Å²) in [6.07, 6.45) is 1.09. The van der Waals surface area contributed by atoms with Crippen molar-refractivity contribution in [2.75, 3.05) is 24.5 Å². The number of amides is 2. The number of halogens is 1. The minimum atomic E-state index is -4.18. The second-order valence-corrected chi connectivity index (χ2v) is 12.1. The lowest BCUT2D eigenvalue weighted by Crippen LogP contribution is -2.52. The van der Waals surface area contributed by atoms with Crippen molar-refractivity contribution in [3.8, 4) is 5.75 Å². The van der Waals surface area contributed by atoms with E-state index in [1.54, 1.807) is 56.5 Å². The van der Waals surface area contributed by atoms with E-state index in [2.05, 4.69) is 5.32 Å². The Morgan fingerprint density at radius 2 is 1.63 bits per heavy atom. The van der Waals surface area contributed by atoms with Crippen LogP contribution in [-0.4, -0.2) is 51.4 Å². The van der Waals surface area contributed by atoms with Gasteiger partial charge in [0.25, 0.3) is 10.0 Å². The number of sulfonamides is 1. The van der Waals surface area contributed by atoms with Gasteiger partial charge in [0.15, 0.2) is 0 Å². The van der Waals surface area contributed by atoms with Crippen molar-refractivity contribution in [3.05, 3.63) is 88.4 Å². The van der Waals surface area contributed by atoms with E-state index in [1.807, 2.05) is 32.9 Å². The van der Waals surface area contributed by atoms with Crippen molar-refractivity contribution >= 4 is 39.1 Å². The fourth-order valence-electron chi connectivity index (χ4n) is 4.43. The highest BCUT2D eigenvalue weighted by molar-refractivity contribution is 7.92. The molecular weight excluding hydrogens is 562 g/mol. The SMILES string of the molecule is CCCNC(=O)[C@H](CC)N(Cc1ccc(OC)cc1)C(=O)CN(c1cccc(Cl)c1C)S(=O)(=O)c1ccc(C)cc1. The van der Waals surface area contributed by atoms with E-state index in [0.717, 1.165) is 21.9 Å². The molecular formula is C31H38ClN3O5S. The van der Waals surface area contributed by atoms with E-state index in [9.17, 15) is 18.0 Å². The van der Waals surface area contributed by atoms with Gasteiger partial charge in [0, 0.05) is 18.1 Å². The molecule has 1 atom stereocenters. The van der Waals surface area contributed by atoms with E-state index in [4.69, 9.17) is 16.3 Å². The average molecular weight is 600 g/mol. The summed E-state index contributed by atoms with van der Waals surface area (Å²) in [7, 11) is -2.61. The summed E-state index contributed by atoms with van der Waals surface area (Å²) in [5.41, 5.74) is 2.49. The Hall–Kier alpha value is -3.56. The molecule has 0 radical (unpaired) electrons. The van der Waals surface area contributed by atoms with Gasteiger partial charge in [-0.2, -0.15) is 0 Å². The average Bonchev–Trinajstić information content (AvgIpc) is 2.96. The summed E-state index contributed by atoms with van der Waals surface area (Å²) >= 11 is 6.39. The van der Waals surface area contributed by atoms with Gasteiger partial charge < -0.3 is 15.0 Å². The van der Waals surface area contributed by atoms with Crippen molar-refractivity contribution in [3.63, 3.8) is 0 Å². The van der Waals surface area contributed by atoms with Crippen LogP contribution in [0.3, 0.4) is 0 Å². The molecule has 3 rings (SSSR count). The summed E-state index contributed by atoms with van der Waals surface area (Å²) in [6.45, 7) is 7.40. The maximum absolute atomic E-state index is 14.1. The number of nitrogens with zero attached hydrogens (tertiary/aromatic N) is 2. The van der Waals surface area contributed by atoms with Crippen molar-refractivity contribution in [1.82, 2.24) is 10.2 Å². The second-order valence-electron chi connectivity index (χ2n) is 9.79. The van der Waals surface area contributed by atoms with E-state index in [1.165, 1.54) is 17.0 Å². The van der Waals surface area contributed by atoms with Crippen LogP contribution in [0.5, 0.6) is 5.75 Å². The van der Waals surface area contributed by atoms with E-state index in [0.29, 0.717) is 35.0 Å². The molecule has 41 heavy (non-hydrogen) atoms. The normalized spacial score (nSPS) is 12.0. The Morgan fingerprint density at radius 3 is 2.22 bits per heavy atom. The van der Waals surface area contributed by atoms with Gasteiger partial charge in [0.2, 0.25) is 11.8 Å². The topological polar surface area (TPSA) is 96.0 Å². The van der Waals surface area contributed by atoms with Crippen LogP contribution in [0.15, 0.2) is 71.6 Å². The predicted molar refractivity (Wildman–Crippen MR) is 163 cm³/mol. The third kappa shape index (κ3) is 7.80. The number of hydrogen-bond acceptors (Lipinski definition) is 5. The zero-order valence-corrected chi connectivity index (χ0v) is 25.8. The summed E-state index contributed by atoms with van der Waals surface area (Å²) < 4.78 is 34.4. The van der Waals surface area contributed by atoms with Crippen molar-refractivity contribution in [2.24, 2.45) is 0 Å². The quantitative estimate of drug-likeness (QED) is 0.280. The Kier molecular flexibility index (Phi) is 11.2. The number of anilines is 1. The number of rotatable bonds is 13. The van der Waals surface area contributed by atoms with Crippen LogP contribution in [0.4, 0.5) is 5.69 Å². The first-order chi connectivity index (χ1) is 19.5. The molecule has 0 aliphatic heterocycles. The van der Waals surface area contributed by atoms with E-state index >= 15 is 0 Å². The highest BCUT2D eigenvalue weighted by Gasteiger charge is 2.34. The largest absolute Gasteiger partial charge is 0.497 e. The molecule has 0 saturated heterocycles. The maximum Gasteiger partial charge on any atom is 0.264 e. The highest BCUT2D eigenvalue weighted by atomic mass is 35.5. The Labute approximate surface area is 248 Å². The number of ether oxygens (including phenoxy) is 1. The van der Waals surface area contributed by atoms with Crippen molar-refractivity contribution < 1.29 is 22.7 Å². The van der Waals surface area contributed by atoms with Crippen molar-refractivity contribution in [2.45, 2.75) is 58.0 Å². The van der Waals surface area contributed by atoms with Gasteiger partial charge in [-0.3, -0.25) is 13.9 Å². The Bertz CT molecular complexity index is 1440. The molecule has 3 aromatic carbocycles. The fourth-order valence-corrected chi connectivity index (χ4v) is 6.07. The molecule has 0 heterocycles. The van der Waals surface area contributed by atoms with Gasteiger partial charge in [-0.1, -0.05) is 61.3 Å². The first kappa shape index (κ1) is 32.0. The van der Waals surface area contributed by atoms with Gasteiger partial charge in [-0.05, 0) is 74.2 Å². The molecule has 0 aromatic heterocycles. The Balaban J connectivity index is 2.08. The predicted octanol–water partition coefficient (Wildman–Crippen LogP) is 5.49. The lowest BCUT2D eigenvalue weighted by atomic mass is 10.1. The van der Waals surface area contributed by atoms with E-state index < -0.39 is 28.5 Å².